The van der Waals surface area contributed by atoms with Gasteiger partial charge in [-0.3, -0.25) is 0 Å². The van der Waals surface area contributed by atoms with E-state index >= 15 is 0 Å². The van der Waals surface area contributed by atoms with Gasteiger partial charge in [-0.1, -0.05) is 135 Å². The predicted molar refractivity (Wildman–Crippen MR) is 216 cm³/mol. The molecule has 0 N–H and O–H groups in total. The van der Waals surface area contributed by atoms with Gasteiger partial charge in [-0.15, -0.1) is 0 Å². The topological polar surface area (TPSA) is 29.5 Å². The summed E-state index contributed by atoms with van der Waals surface area (Å²) in [6.45, 7) is 4.71. The zero-order chi connectivity index (χ0) is 34.6. The van der Waals surface area contributed by atoms with Crippen LogP contribution in [-0.4, -0.2) is 0 Å². The van der Waals surface area contributed by atoms with E-state index in [0.717, 1.165) is 77.5 Å². The van der Waals surface area contributed by atoms with Crippen molar-refractivity contribution in [2.75, 3.05) is 4.90 Å². The van der Waals surface area contributed by atoms with Crippen molar-refractivity contribution in [3.8, 4) is 22.3 Å². The quantitative estimate of drug-likeness (QED) is 0.187. The zero-order valence-corrected chi connectivity index (χ0v) is 28.9. The Bertz CT molecular complexity index is 3070. The van der Waals surface area contributed by atoms with Crippen molar-refractivity contribution in [2.45, 2.75) is 19.3 Å². The van der Waals surface area contributed by atoms with E-state index in [-0.39, 0.29) is 5.41 Å². The molecule has 0 saturated heterocycles. The fourth-order valence-corrected chi connectivity index (χ4v) is 8.93. The lowest BCUT2D eigenvalue weighted by Crippen LogP contribution is -2.20. The molecule has 0 unspecified atom stereocenters. The lowest BCUT2D eigenvalue weighted by molar-refractivity contribution is 0.659. The molecule has 0 radical (unpaired) electrons. The van der Waals surface area contributed by atoms with Gasteiger partial charge in [0.1, 0.15) is 16.7 Å². The molecule has 52 heavy (non-hydrogen) atoms. The third-order valence-electron chi connectivity index (χ3n) is 11.2. The summed E-state index contributed by atoms with van der Waals surface area (Å²) in [6.07, 6.45) is 0. The maximum absolute atomic E-state index is 6.73. The molecule has 11 rings (SSSR count). The number of furan rings is 2. The summed E-state index contributed by atoms with van der Waals surface area (Å²) in [4.78, 5) is 2.42. The van der Waals surface area contributed by atoms with E-state index in [1.165, 1.54) is 27.6 Å². The molecular weight excluding hydrogens is 635 g/mol. The van der Waals surface area contributed by atoms with Crippen molar-refractivity contribution in [3.63, 3.8) is 0 Å². The van der Waals surface area contributed by atoms with E-state index in [1.54, 1.807) is 0 Å². The lowest BCUT2D eigenvalue weighted by Gasteiger charge is -2.32. The van der Waals surface area contributed by atoms with Crippen LogP contribution in [0.25, 0.3) is 76.9 Å². The maximum Gasteiger partial charge on any atom is 0.159 e. The van der Waals surface area contributed by atoms with Crippen LogP contribution in [0.15, 0.2) is 173 Å². The van der Waals surface area contributed by atoms with Crippen molar-refractivity contribution >= 4 is 71.7 Å². The first kappa shape index (κ1) is 29.2. The third kappa shape index (κ3) is 4.02. The third-order valence-corrected chi connectivity index (χ3v) is 11.2. The first-order valence-electron chi connectivity index (χ1n) is 17.9. The Hall–Kier alpha value is -6.58. The number of nitrogens with zero attached hydrogens (tertiary/aromatic N) is 1. The van der Waals surface area contributed by atoms with Gasteiger partial charge in [0, 0.05) is 38.0 Å². The van der Waals surface area contributed by atoms with Crippen LogP contribution in [0.1, 0.15) is 25.0 Å². The van der Waals surface area contributed by atoms with Gasteiger partial charge in [0.25, 0.3) is 0 Å². The van der Waals surface area contributed by atoms with Gasteiger partial charge in [-0.05, 0) is 81.2 Å². The van der Waals surface area contributed by atoms with Crippen LogP contribution in [0.5, 0.6) is 0 Å². The number of hydrogen-bond acceptors (Lipinski definition) is 3. The molecule has 0 aliphatic heterocycles. The van der Waals surface area contributed by atoms with Crippen molar-refractivity contribution in [1.82, 2.24) is 0 Å². The minimum Gasteiger partial charge on any atom is -0.455 e. The maximum atomic E-state index is 6.73. The van der Waals surface area contributed by atoms with E-state index in [4.69, 9.17) is 8.83 Å². The first-order valence-corrected chi connectivity index (χ1v) is 17.9. The molecule has 1 aliphatic carbocycles. The van der Waals surface area contributed by atoms with E-state index in [2.05, 4.69) is 176 Å². The molecule has 0 spiro atoms. The van der Waals surface area contributed by atoms with E-state index in [9.17, 15) is 0 Å². The number of fused-ring (bicyclic) bond motifs is 11. The summed E-state index contributed by atoms with van der Waals surface area (Å²) in [7, 11) is 0. The highest BCUT2D eigenvalue weighted by molar-refractivity contribution is 6.19. The minimum atomic E-state index is -0.218. The summed E-state index contributed by atoms with van der Waals surface area (Å²) in [5.74, 6) is 0. The molecule has 0 fully saturated rings. The highest BCUT2D eigenvalue weighted by Crippen LogP contribution is 2.55. The molecular formula is C49H33NO2. The second-order valence-corrected chi connectivity index (χ2v) is 14.5. The van der Waals surface area contributed by atoms with Gasteiger partial charge in [0.2, 0.25) is 0 Å². The molecule has 8 aromatic carbocycles. The SMILES string of the molecule is CC1(C)c2ccccc2-c2cccc(N(c3cccc(-c4cccc5oc6c7ccccc7ccc6c45)c3)c3cccc4c3oc3ccccc34)c21. The van der Waals surface area contributed by atoms with E-state index in [0.29, 0.717) is 0 Å². The second kappa shape index (κ2) is 10.7. The predicted octanol–water partition coefficient (Wildman–Crippen LogP) is 14.1. The Morgan fingerprint density at radius 1 is 0.462 bits per heavy atom. The fraction of sp³-hybridized carbons (Fsp3) is 0.0612. The van der Waals surface area contributed by atoms with Crippen LogP contribution in [0, 0.1) is 0 Å². The van der Waals surface area contributed by atoms with Crippen LogP contribution < -0.4 is 4.90 Å². The number of hydrogen-bond donors (Lipinski definition) is 0. The van der Waals surface area contributed by atoms with Crippen LogP contribution in [0.2, 0.25) is 0 Å². The molecule has 0 saturated carbocycles. The van der Waals surface area contributed by atoms with Crippen molar-refractivity contribution in [2.24, 2.45) is 0 Å². The molecule has 0 atom stereocenters. The first-order chi connectivity index (χ1) is 25.6. The number of anilines is 3. The van der Waals surface area contributed by atoms with Gasteiger partial charge < -0.3 is 13.7 Å². The van der Waals surface area contributed by atoms with E-state index < -0.39 is 0 Å². The summed E-state index contributed by atoms with van der Waals surface area (Å²) in [5.41, 5.74) is 14.0. The van der Waals surface area contributed by atoms with Gasteiger partial charge in [0.15, 0.2) is 5.58 Å². The number of rotatable bonds is 4. The summed E-state index contributed by atoms with van der Waals surface area (Å²) < 4.78 is 13.3. The Balaban J connectivity index is 1.18. The van der Waals surface area contributed by atoms with Crippen LogP contribution in [0.3, 0.4) is 0 Å². The van der Waals surface area contributed by atoms with Crippen LogP contribution in [0.4, 0.5) is 17.1 Å². The minimum absolute atomic E-state index is 0.218. The normalized spacial score (nSPS) is 13.3. The molecule has 2 aromatic heterocycles. The zero-order valence-electron chi connectivity index (χ0n) is 28.9. The van der Waals surface area contributed by atoms with Crippen molar-refractivity contribution < 1.29 is 8.83 Å². The van der Waals surface area contributed by atoms with Crippen molar-refractivity contribution in [1.29, 1.82) is 0 Å². The van der Waals surface area contributed by atoms with Gasteiger partial charge >= 0.3 is 0 Å². The largest absolute Gasteiger partial charge is 0.455 e. The van der Waals surface area contributed by atoms with Crippen molar-refractivity contribution in [3.05, 3.63) is 175 Å². The smallest absolute Gasteiger partial charge is 0.159 e. The lowest BCUT2D eigenvalue weighted by atomic mass is 9.81. The Morgan fingerprint density at radius 2 is 1.13 bits per heavy atom. The Kier molecular flexibility index (Phi) is 6.01. The Labute approximate surface area is 301 Å². The van der Waals surface area contributed by atoms with Gasteiger partial charge in [0.05, 0.1) is 11.4 Å². The average molecular weight is 668 g/mol. The molecule has 3 nitrogen and oxygen atoms in total. The monoisotopic (exact) mass is 667 g/mol. The molecule has 2 heterocycles. The van der Waals surface area contributed by atoms with Gasteiger partial charge in [-0.25, -0.2) is 0 Å². The highest BCUT2D eigenvalue weighted by atomic mass is 16.3. The average Bonchev–Trinajstić information content (AvgIpc) is 3.84. The highest BCUT2D eigenvalue weighted by Gasteiger charge is 2.39. The molecule has 0 amide bonds. The van der Waals surface area contributed by atoms with Gasteiger partial charge in [-0.2, -0.15) is 0 Å². The molecule has 246 valence electrons. The fourth-order valence-electron chi connectivity index (χ4n) is 8.93. The number of para-hydroxylation sites is 2. The summed E-state index contributed by atoms with van der Waals surface area (Å²) in [6, 6.07) is 58.6. The molecule has 0 bridgehead atoms. The summed E-state index contributed by atoms with van der Waals surface area (Å²) >= 11 is 0. The van der Waals surface area contributed by atoms with E-state index in [1.807, 2.05) is 6.07 Å². The molecule has 3 heteroatoms. The Morgan fingerprint density at radius 3 is 2.08 bits per heavy atom. The van der Waals surface area contributed by atoms with Crippen LogP contribution in [-0.2, 0) is 5.41 Å². The summed E-state index contributed by atoms with van der Waals surface area (Å²) in [5, 5.41) is 6.77. The molecule has 10 aromatic rings. The molecule has 1 aliphatic rings. The standard InChI is InChI=1S/C49H33NO2/c1-49(2)40-22-7-5-17-35(40)37-20-10-23-41(46(37)49)50(42-24-11-21-38-36-18-6-8-25-43(36)51-48(38)42)32-15-9-14-31(29-32)33-19-12-26-44-45(33)39-28-27-30-13-3-4-16-34(30)47(39)52-44/h3-29H,1-2H3. The van der Waals surface area contributed by atoms with Crippen LogP contribution >= 0.6 is 0 Å². The second-order valence-electron chi connectivity index (χ2n) is 14.5. The number of benzene rings is 8.